The molecule has 1 atom stereocenters. The lowest BCUT2D eigenvalue weighted by Crippen LogP contribution is -2.13. The van der Waals surface area contributed by atoms with Gasteiger partial charge < -0.3 is 5.32 Å². The molecule has 0 saturated carbocycles. The second-order valence-corrected chi connectivity index (χ2v) is 4.40. The smallest absolute Gasteiger partial charge is 0.236 e. The fourth-order valence-electron chi connectivity index (χ4n) is 2.37. The molecule has 0 fully saturated rings. The maximum atomic E-state index is 12.1. The summed E-state index contributed by atoms with van der Waals surface area (Å²) in [5.74, 6) is -0.270. The molecule has 0 spiro atoms. The number of carbonyl (C=O) groups excluding carboxylic acids is 1. The van der Waals surface area contributed by atoms with Crippen molar-refractivity contribution in [3.8, 4) is 0 Å². The molecule has 2 heteroatoms. The summed E-state index contributed by atoms with van der Waals surface area (Å²) in [4.78, 5) is 12.1. The number of amides is 1. The summed E-state index contributed by atoms with van der Waals surface area (Å²) in [7, 11) is 0. The minimum absolute atomic E-state index is 0.00468. The van der Waals surface area contributed by atoms with Crippen molar-refractivity contribution in [3.63, 3.8) is 0 Å². The number of anilines is 1. The van der Waals surface area contributed by atoms with E-state index in [4.69, 9.17) is 0 Å². The zero-order valence-corrected chi connectivity index (χ0v) is 9.89. The Balaban J connectivity index is 2.03. The van der Waals surface area contributed by atoms with Crippen LogP contribution in [0.5, 0.6) is 0 Å². The highest BCUT2D eigenvalue weighted by Crippen LogP contribution is 2.40. The lowest BCUT2D eigenvalue weighted by Gasteiger charge is -2.12. The third-order valence-electron chi connectivity index (χ3n) is 3.28. The van der Waals surface area contributed by atoms with Gasteiger partial charge in [0.25, 0.3) is 0 Å². The van der Waals surface area contributed by atoms with E-state index in [1.807, 2.05) is 54.6 Å². The Hall–Kier alpha value is -2.35. The van der Waals surface area contributed by atoms with Gasteiger partial charge in [0.2, 0.25) is 5.91 Å². The maximum absolute atomic E-state index is 12.1. The summed E-state index contributed by atoms with van der Waals surface area (Å²) < 4.78 is 0. The van der Waals surface area contributed by atoms with Gasteiger partial charge in [-0.15, -0.1) is 0 Å². The van der Waals surface area contributed by atoms with Crippen LogP contribution in [-0.4, -0.2) is 5.91 Å². The fraction of sp³-hybridized carbons (Fsp3) is 0.0625. The van der Waals surface area contributed by atoms with Crippen LogP contribution in [0.2, 0.25) is 0 Å². The summed E-state index contributed by atoms with van der Waals surface area (Å²) in [6.07, 6.45) is 0. The first-order valence-corrected chi connectivity index (χ1v) is 5.91. The Kier molecular flexibility index (Phi) is 2.49. The topological polar surface area (TPSA) is 29.1 Å². The Morgan fingerprint density at radius 3 is 2.44 bits per heavy atom. The highest BCUT2D eigenvalue weighted by atomic mass is 16.2. The molecular formula is C16H13NO. The van der Waals surface area contributed by atoms with Crippen LogP contribution in [0.1, 0.15) is 17.0 Å². The first-order chi connectivity index (χ1) is 8.77. The highest BCUT2D eigenvalue weighted by Gasteiger charge is 2.32. The van der Waals surface area contributed by atoms with Gasteiger partial charge in [0, 0.05) is 5.69 Å². The second kappa shape index (κ2) is 4.15. The van der Waals surface area contributed by atoms with E-state index in [-0.39, 0.29) is 11.8 Å². The van der Waals surface area contributed by atoms with Crippen LogP contribution in [-0.2, 0) is 4.79 Å². The van der Waals surface area contributed by atoms with Gasteiger partial charge in [0.05, 0.1) is 5.92 Å². The predicted octanol–water partition coefficient (Wildman–Crippen LogP) is 3.44. The summed E-state index contributed by atoms with van der Waals surface area (Å²) in [6, 6.07) is 17.6. The van der Waals surface area contributed by atoms with Gasteiger partial charge in [-0.25, -0.2) is 0 Å². The van der Waals surface area contributed by atoms with E-state index in [0.717, 1.165) is 22.4 Å². The normalized spacial score (nSPS) is 17.1. The molecule has 1 N–H and O–H groups in total. The van der Waals surface area contributed by atoms with Crippen LogP contribution in [0, 0.1) is 0 Å². The average molecular weight is 235 g/mol. The number of rotatable bonds is 2. The molecule has 18 heavy (non-hydrogen) atoms. The molecule has 0 aromatic heterocycles. The molecule has 0 radical (unpaired) electrons. The SMILES string of the molecule is C=C(c1ccccc1)[C@@H]1C(=O)Nc2ccccc21. The zero-order chi connectivity index (χ0) is 12.5. The molecule has 0 unspecified atom stereocenters. The molecule has 2 aromatic rings. The first kappa shape index (κ1) is 10.8. The summed E-state index contributed by atoms with van der Waals surface area (Å²) in [5, 5.41) is 2.90. The zero-order valence-electron chi connectivity index (χ0n) is 9.89. The van der Waals surface area contributed by atoms with Gasteiger partial charge in [-0.05, 0) is 22.8 Å². The van der Waals surface area contributed by atoms with Crippen molar-refractivity contribution >= 4 is 17.2 Å². The van der Waals surface area contributed by atoms with Gasteiger partial charge in [0.1, 0.15) is 0 Å². The summed E-state index contributed by atoms with van der Waals surface area (Å²) in [6.45, 7) is 4.10. The van der Waals surface area contributed by atoms with Gasteiger partial charge >= 0.3 is 0 Å². The number of para-hydroxylation sites is 1. The van der Waals surface area contributed by atoms with Crippen LogP contribution in [0.25, 0.3) is 5.57 Å². The molecule has 1 amide bonds. The third-order valence-corrected chi connectivity index (χ3v) is 3.28. The number of nitrogens with one attached hydrogen (secondary N) is 1. The predicted molar refractivity (Wildman–Crippen MR) is 73.3 cm³/mol. The van der Waals surface area contributed by atoms with E-state index in [9.17, 15) is 4.79 Å². The van der Waals surface area contributed by atoms with Crippen molar-refractivity contribution in [3.05, 3.63) is 72.3 Å². The van der Waals surface area contributed by atoms with E-state index >= 15 is 0 Å². The molecule has 1 aliphatic rings. The van der Waals surface area contributed by atoms with Crippen molar-refractivity contribution in [2.45, 2.75) is 5.92 Å². The fourth-order valence-corrected chi connectivity index (χ4v) is 2.37. The molecule has 3 rings (SSSR count). The minimum Gasteiger partial charge on any atom is -0.325 e. The molecule has 88 valence electrons. The number of fused-ring (bicyclic) bond motifs is 1. The lowest BCUT2D eigenvalue weighted by molar-refractivity contribution is -0.115. The van der Waals surface area contributed by atoms with Crippen molar-refractivity contribution < 1.29 is 4.79 Å². The molecule has 1 heterocycles. The van der Waals surface area contributed by atoms with Crippen molar-refractivity contribution in [1.82, 2.24) is 0 Å². The van der Waals surface area contributed by atoms with Crippen molar-refractivity contribution in [1.29, 1.82) is 0 Å². The van der Waals surface area contributed by atoms with Crippen molar-refractivity contribution in [2.24, 2.45) is 0 Å². The second-order valence-electron chi connectivity index (χ2n) is 4.40. The average Bonchev–Trinajstić information content (AvgIpc) is 2.75. The molecule has 0 aliphatic carbocycles. The molecule has 0 saturated heterocycles. The van der Waals surface area contributed by atoms with E-state index in [1.165, 1.54) is 0 Å². The van der Waals surface area contributed by atoms with E-state index in [0.29, 0.717) is 0 Å². The van der Waals surface area contributed by atoms with Crippen LogP contribution in [0.4, 0.5) is 5.69 Å². The minimum atomic E-state index is -0.274. The van der Waals surface area contributed by atoms with Crippen LogP contribution < -0.4 is 5.32 Å². The Labute approximate surface area is 106 Å². The monoisotopic (exact) mass is 235 g/mol. The standard InChI is InChI=1S/C16H13NO/c1-11(12-7-3-2-4-8-12)15-13-9-5-6-10-14(13)17-16(15)18/h2-10,15H,1H2,(H,17,18)/t15-/m0/s1. The summed E-state index contributed by atoms with van der Waals surface area (Å²) in [5.41, 5.74) is 3.76. The number of benzene rings is 2. The quantitative estimate of drug-likeness (QED) is 0.848. The van der Waals surface area contributed by atoms with E-state index < -0.39 is 0 Å². The largest absolute Gasteiger partial charge is 0.325 e. The number of carbonyl (C=O) groups is 1. The Bertz CT molecular complexity index is 616. The lowest BCUT2D eigenvalue weighted by atomic mass is 9.89. The molecular weight excluding hydrogens is 222 g/mol. The van der Waals surface area contributed by atoms with Gasteiger partial charge in [-0.1, -0.05) is 55.1 Å². The Morgan fingerprint density at radius 2 is 1.67 bits per heavy atom. The van der Waals surface area contributed by atoms with Gasteiger partial charge in [-0.2, -0.15) is 0 Å². The summed E-state index contributed by atoms with van der Waals surface area (Å²) >= 11 is 0. The van der Waals surface area contributed by atoms with E-state index in [1.54, 1.807) is 0 Å². The first-order valence-electron chi connectivity index (χ1n) is 5.91. The van der Waals surface area contributed by atoms with Crippen molar-refractivity contribution in [2.75, 3.05) is 5.32 Å². The van der Waals surface area contributed by atoms with Crippen LogP contribution >= 0.6 is 0 Å². The third kappa shape index (κ3) is 1.63. The van der Waals surface area contributed by atoms with Gasteiger partial charge in [0.15, 0.2) is 0 Å². The van der Waals surface area contributed by atoms with E-state index in [2.05, 4.69) is 11.9 Å². The van der Waals surface area contributed by atoms with Crippen LogP contribution in [0.3, 0.4) is 0 Å². The molecule has 2 aromatic carbocycles. The maximum Gasteiger partial charge on any atom is 0.236 e. The molecule has 2 nitrogen and oxygen atoms in total. The number of hydrogen-bond donors (Lipinski definition) is 1. The Morgan fingerprint density at radius 1 is 1.00 bits per heavy atom. The van der Waals surface area contributed by atoms with Gasteiger partial charge in [-0.3, -0.25) is 4.79 Å². The molecule has 0 bridgehead atoms. The van der Waals surface area contributed by atoms with Crippen LogP contribution in [0.15, 0.2) is 61.2 Å². The number of hydrogen-bond acceptors (Lipinski definition) is 1. The molecule has 1 aliphatic heterocycles. The highest BCUT2D eigenvalue weighted by molar-refractivity contribution is 6.10.